The van der Waals surface area contributed by atoms with Crippen LogP contribution in [0.5, 0.6) is 0 Å². The van der Waals surface area contributed by atoms with Gasteiger partial charge in [0.05, 0.1) is 6.42 Å². The van der Waals surface area contributed by atoms with Crippen LogP contribution in [-0.4, -0.2) is 24.4 Å². The van der Waals surface area contributed by atoms with Crippen molar-refractivity contribution in [3.8, 4) is 0 Å². The van der Waals surface area contributed by atoms with Crippen LogP contribution in [0.1, 0.15) is 18.4 Å². The van der Waals surface area contributed by atoms with Gasteiger partial charge in [0.1, 0.15) is 0 Å². The Morgan fingerprint density at radius 1 is 0.900 bits per heavy atom. The Hall–Kier alpha value is -3.38. The summed E-state index contributed by atoms with van der Waals surface area (Å²) < 4.78 is 4.94. The lowest BCUT2D eigenvalue weighted by Gasteiger charge is -2.09. The van der Waals surface area contributed by atoms with Crippen LogP contribution < -0.4 is 10.6 Å². The van der Waals surface area contributed by atoms with Crippen molar-refractivity contribution in [3.05, 3.63) is 71.2 Å². The van der Waals surface area contributed by atoms with Gasteiger partial charge in [-0.3, -0.25) is 14.4 Å². The van der Waals surface area contributed by atoms with Crippen LogP contribution in [0, 0.1) is 6.92 Å². The third-order valence-corrected chi connectivity index (χ3v) is 4.85. The van der Waals surface area contributed by atoms with Crippen LogP contribution in [-0.2, 0) is 19.1 Å². The number of esters is 1. The van der Waals surface area contributed by atoms with Crippen LogP contribution in [0.25, 0.3) is 10.8 Å². The molecule has 0 atom stereocenters. The number of rotatable bonds is 7. The minimum absolute atomic E-state index is 0.0444. The van der Waals surface area contributed by atoms with E-state index in [2.05, 4.69) is 10.6 Å². The minimum Gasteiger partial charge on any atom is -0.456 e. The summed E-state index contributed by atoms with van der Waals surface area (Å²) >= 11 is 6.01. The molecule has 0 aliphatic carbocycles. The zero-order valence-electron chi connectivity index (χ0n) is 16.4. The van der Waals surface area contributed by atoms with E-state index in [0.29, 0.717) is 16.4 Å². The zero-order chi connectivity index (χ0) is 21.5. The van der Waals surface area contributed by atoms with Crippen LogP contribution in [0.3, 0.4) is 0 Å². The fraction of sp³-hybridized carbons (Fsp3) is 0.174. The second-order valence-corrected chi connectivity index (χ2v) is 7.15. The molecule has 0 aliphatic rings. The van der Waals surface area contributed by atoms with Crippen molar-refractivity contribution in [2.45, 2.75) is 19.8 Å². The van der Waals surface area contributed by atoms with E-state index in [1.165, 1.54) is 0 Å². The molecule has 30 heavy (non-hydrogen) atoms. The van der Waals surface area contributed by atoms with Gasteiger partial charge in [-0.15, -0.1) is 0 Å². The third-order valence-electron chi connectivity index (χ3n) is 4.44. The molecule has 2 N–H and O–H groups in total. The Labute approximate surface area is 179 Å². The van der Waals surface area contributed by atoms with E-state index in [1.54, 1.807) is 24.3 Å². The summed E-state index contributed by atoms with van der Waals surface area (Å²) in [5, 5.41) is 7.87. The number of hydrogen-bond donors (Lipinski definition) is 2. The molecule has 3 rings (SSSR count). The predicted octanol–water partition coefficient (Wildman–Crippen LogP) is 4.70. The number of hydrogen-bond acceptors (Lipinski definition) is 4. The topological polar surface area (TPSA) is 84.5 Å². The molecule has 0 saturated carbocycles. The smallest absolute Gasteiger partial charge is 0.306 e. The number of benzene rings is 3. The number of carbonyl (C=O) groups is 3. The molecular formula is C23H21ClN2O4. The average molecular weight is 425 g/mol. The molecule has 0 heterocycles. The fourth-order valence-electron chi connectivity index (χ4n) is 2.85. The van der Waals surface area contributed by atoms with Gasteiger partial charge >= 0.3 is 5.97 Å². The molecule has 0 radical (unpaired) electrons. The van der Waals surface area contributed by atoms with E-state index in [4.69, 9.17) is 16.3 Å². The number of ether oxygens (including phenoxy) is 1. The van der Waals surface area contributed by atoms with Crippen LogP contribution in [0.4, 0.5) is 11.4 Å². The van der Waals surface area contributed by atoms with E-state index in [0.717, 1.165) is 16.3 Å². The Bertz CT molecular complexity index is 1090. The number of carbonyl (C=O) groups excluding carboxylic acids is 3. The lowest BCUT2D eigenvalue weighted by Crippen LogP contribution is -2.21. The number of nitrogens with one attached hydrogen (secondary N) is 2. The average Bonchev–Trinajstić information content (AvgIpc) is 2.74. The number of fused-ring (bicyclic) bond motifs is 1. The van der Waals surface area contributed by atoms with Gasteiger partial charge in [-0.25, -0.2) is 0 Å². The van der Waals surface area contributed by atoms with Gasteiger partial charge < -0.3 is 15.4 Å². The quantitative estimate of drug-likeness (QED) is 0.538. The first kappa shape index (κ1) is 21.3. The minimum atomic E-state index is -0.625. The molecule has 2 amide bonds. The zero-order valence-corrected chi connectivity index (χ0v) is 17.2. The highest BCUT2D eigenvalue weighted by Gasteiger charge is 2.12. The maximum atomic E-state index is 12.2. The maximum Gasteiger partial charge on any atom is 0.306 e. The molecule has 0 spiro atoms. The summed E-state index contributed by atoms with van der Waals surface area (Å²) in [6, 6.07) is 18.4. The molecule has 3 aromatic rings. The normalized spacial score (nSPS) is 10.5. The van der Waals surface area contributed by atoms with E-state index in [-0.39, 0.29) is 18.7 Å². The van der Waals surface area contributed by atoms with Gasteiger partial charge in [0, 0.05) is 28.2 Å². The molecule has 0 fully saturated rings. The first-order chi connectivity index (χ1) is 14.4. The number of amides is 2. The van der Waals surface area contributed by atoms with Crippen LogP contribution >= 0.6 is 11.6 Å². The van der Waals surface area contributed by atoms with E-state index < -0.39 is 18.5 Å². The predicted molar refractivity (Wildman–Crippen MR) is 118 cm³/mol. The van der Waals surface area contributed by atoms with Crippen molar-refractivity contribution in [3.63, 3.8) is 0 Å². The van der Waals surface area contributed by atoms with Crippen LogP contribution in [0.2, 0.25) is 5.02 Å². The summed E-state index contributed by atoms with van der Waals surface area (Å²) in [5.74, 6) is -1.41. The molecule has 6 nitrogen and oxygen atoms in total. The van der Waals surface area contributed by atoms with Gasteiger partial charge in [-0.1, -0.05) is 54.1 Å². The fourth-order valence-corrected chi connectivity index (χ4v) is 3.03. The summed E-state index contributed by atoms with van der Waals surface area (Å²) in [5.41, 5.74) is 2.09. The second-order valence-electron chi connectivity index (χ2n) is 6.75. The Morgan fingerprint density at radius 3 is 2.47 bits per heavy atom. The van der Waals surface area contributed by atoms with Crippen molar-refractivity contribution >= 4 is 51.5 Å². The highest BCUT2D eigenvalue weighted by molar-refractivity contribution is 6.31. The molecule has 0 aliphatic heterocycles. The molecule has 0 aromatic heterocycles. The Kier molecular flexibility index (Phi) is 7.03. The summed E-state index contributed by atoms with van der Waals surface area (Å²) in [7, 11) is 0. The Morgan fingerprint density at radius 2 is 1.67 bits per heavy atom. The van der Waals surface area contributed by atoms with Gasteiger partial charge in [-0.05, 0) is 36.1 Å². The largest absolute Gasteiger partial charge is 0.456 e. The molecule has 7 heteroatoms. The molecule has 154 valence electrons. The summed E-state index contributed by atoms with van der Waals surface area (Å²) in [6.07, 6.45) is -0.169. The van der Waals surface area contributed by atoms with Gasteiger partial charge in [0.25, 0.3) is 5.91 Å². The molecule has 0 unspecified atom stereocenters. The van der Waals surface area contributed by atoms with E-state index in [1.807, 2.05) is 43.3 Å². The van der Waals surface area contributed by atoms with Gasteiger partial charge in [0.2, 0.25) is 5.91 Å². The monoisotopic (exact) mass is 424 g/mol. The van der Waals surface area contributed by atoms with E-state index >= 15 is 0 Å². The third kappa shape index (κ3) is 5.81. The van der Waals surface area contributed by atoms with Crippen molar-refractivity contribution in [2.24, 2.45) is 0 Å². The highest BCUT2D eigenvalue weighted by Crippen LogP contribution is 2.23. The van der Waals surface area contributed by atoms with Crippen molar-refractivity contribution in [1.82, 2.24) is 0 Å². The Balaban J connectivity index is 1.43. The van der Waals surface area contributed by atoms with Crippen LogP contribution in [0.15, 0.2) is 60.7 Å². The van der Waals surface area contributed by atoms with E-state index in [9.17, 15) is 14.4 Å². The van der Waals surface area contributed by atoms with Gasteiger partial charge in [0.15, 0.2) is 6.61 Å². The lowest BCUT2D eigenvalue weighted by molar-refractivity contribution is -0.147. The first-order valence-electron chi connectivity index (χ1n) is 9.41. The summed E-state index contributed by atoms with van der Waals surface area (Å²) in [4.78, 5) is 36.0. The first-order valence-corrected chi connectivity index (χ1v) is 9.79. The number of anilines is 2. The number of aryl methyl sites for hydroxylation is 1. The highest BCUT2D eigenvalue weighted by atomic mass is 35.5. The molecule has 0 bridgehead atoms. The van der Waals surface area contributed by atoms with Crippen molar-refractivity contribution in [2.75, 3.05) is 17.2 Å². The maximum absolute atomic E-state index is 12.2. The van der Waals surface area contributed by atoms with Gasteiger partial charge in [-0.2, -0.15) is 0 Å². The second kappa shape index (κ2) is 9.89. The summed E-state index contributed by atoms with van der Waals surface area (Å²) in [6.45, 7) is 1.42. The van der Waals surface area contributed by atoms with Crippen molar-refractivity contribution in [1.29, 1.82) is 0 Å². The molecule has 0 saturated heterocycles. The molecule has 3 aromatic carbocycles. The molecular weight excluding hydrogens is 404 g/mol. The van der Waals surface area contributed by atoms with Crippen molar-refractivity contribution < 1.29 is 19.1 Å². The number of halogens is 1. The lowest BCUT2D eigenvalue weighted by atomic mass is 10.1. The standard InChI is InChI=1S/C23H21ClN2O4/c1-15-9-10-17(13-19(15)24)25-22(28)14-30-23(29)12-11-21(27)26-20-8-4-6-16-5-2-3-7-18(16)20/h2-10,13H,11-12,14H2,1H3,(H,25,28)(H,26,27). The SMILES string of the molecule is Cc1ccc(NC(=O)COC(=O)CCC(=O)Nc2cccc3ccccc23)cc1Cl.